The Morgan fingerprint density at radius 2 is 0.821 bits per heavy atom. The van der Waals surface area contributed by atoms with E-state index in [9.17, 15) is 35.7 Å². The lowest BCUT2D eigenvalue weighted by atomic mass is 9.98. The standard InChI is InChI=1S/C43H84O13/c1-3-5-7-9-11-13-15-17-19-21-23-25-27-51-30-33(52-28-26-24-22-20-18-16-14-12-10-8-6-4-2)31-53-42-41(50)39(48)37(46)35(56-42)32-54-43-40(49)38(47)36(45)34(29-44)55-43/h33-50H,3-32H2,1-2H3/t33-,34-,35-,36+,37-,38+,39+,40-,41-,42-,43-/m1/s1. The summed E-state index contributed by atoms with van der Waals surface area (Å²) in [5, 5.41) is 71.9. The summed E-state index contributed by atoms with van der Waals surface area (Å²) in [5.41, 5.74) is 0. The van der Waals surface area contributed by atoms with Gasteiger partial charge in [0, 0.05) is 13.2 Å². The Morgan fingerprint density at radius 3 is 1.29 bits per heavy atom. The van der Waals surface area contributed by atoms with E-state index in [1.165, 1.54) is 128 Å². The molecule has 11 atom stereocenters. The maximum atomic E-state index is 10.7. The number of ether oxygens (including phenoxy) is 6. The molecular weight excluding hydrogens is 724 g/mol. The summed E-state index contributed by atoms with van der Waals surface area (Å²) in [7, 11) is 0. The van der Waals surface area contributed by atoms with E-state index in [0.29, 0.717) is 19.8 Å². The van der Waals surface area contributed by atoms with Gasteiger partial charge in [-0.05, 0) is 12.8 Å². The second kappa shape index (κ2) is 33.2. The molecule has 0 unspecified atom stereocenters. The van der Waals surface area contributed by atoms with Crippen LogP contribution in [0.15, 0.2) is 0 Å². The van der Waals surface area contributed by atoms with Gasteiger partial charge in [-0.25, -0.2) is 0 Å². The fourth-order valence-electron chi connectivity index (χ4n) is 7.39. The van der Waals surface area contributed by atoms with Crippen LogP contribution in [0.25, 0.3) is 0 Å². The van der Waals surface area contributed by atoms with Gasteiger partial charge in [-0.15, -0.1) is 0 Å². The second-order valence-electron chi connectivity index (χ2n) is 16.2. The van der Waals surface area contributed by atoms with Gasteiger partial charge in [-0.1, -0.05) is 155 Å². The average Bonchev–Trinajstić information content (AvgIpc) is 3.20. The van der Waals surface area contributed by atoms with Gasteiger partial charge in [0.15, 0.2) is 12.6 Å². The molecule has 2 fully saturated rings. The van der Waals surface area contributed by atoms with E-state index in [0.717, 1.165) is 25.7 Å². The Morgan fingerprint density at radius 1 is 0.429 bits per heavy atom. The van der Waals surface area contributed by atoms with Crippen LogP contribution in [0.3, 0.4) is 0 Å². The molecule has 0 amide bonds. The normalized spacial score (nSPS) is 28.9. The van der Waals surface area contributed by atoms with E-state index in [-0.39, 0.29) is 6.61 Å². The van der Waals surface area contributed by atoms with Gasteiger partial charge in [0.25, 0.3) is 0 Å². The maximum absolute atomic E-state index is 10.7. The van der Waals surface area contributed by atoms with Crippen molar-refractivity contribution in [2.24, 2.45) is 0 Å². The smallest absolute Gasteiger partial charge is 0.186 e. The van der Waals surface area contributed by atoms with Crippen LogP contribution in [0.4, 0.5) is 0 Å². The summed E-state index contributed by atoms with van der Waals surface area (Å²) in [4.78, 5) is 0. The van der Waals surface area contributed by atoms with Gasteiger partial charge in [0.2, 0.25) is 0 Å². The van der Waals surface area contributed by atoms with Crippen molar-refractivity contribution in [1.82, 2.24) is 0 Å². The minimum Gasteiger partial charge on any atom is -0.394 e. The largest absolute Gasteiger partial charge is 0.394 e. The molecule has 56 heavy (non-hydrogen) atoms. The highest BCUT2D eigenvalue weighted by molar-refractivity contribution is 4.91. The third-order valence-electron chi connectivity index (χ3n) is 11.2. The number of unbranched alkanes of at least 4 members (excludes halogenated alkanes) is 22. The van der Waals surface area contributed by atoms with Crippen molar-refractivity contribution in [2.45, 2.75) is 235 Å². The van der Waals surface area contributed by atoms with E-state index >= 15 is 0 Å². The zero-order valence-corrected chi connectivity index (χ0v) is 35.1. The van der Waals surface area contributed by atoms with Gasteiger partial charge in [0.1, 0.15) is 54.9 Å². The predicted molar refractivity (Wildman–Crippen MR) is 215 cm³/mol. The maximum Gasteiger partial charge on any atom is 0.186 e. The molecule has 13 nitrogen and oxygen atoms in total. The molecule has 0 saturated carbocycles. The van der Waals surface area contributed by atoms with Crippen molar-refractivity contribution in [1.29, 1.82) is 0 Å². The van der Waals surface area contributed by atoms with Crippen LogP contribution in [-0.4, -0.2) is 143 Å². The molecule has 0 aromatic carbocycles. The van der Waals surface area contributed by atoms with Crippen molar-refractivity contribution in [3.05, 3.63) is 0 Å². The van der Waals surface area contributed by atoms with Crippen molar-refractivity contribution >= 4 is 0 Å². The van der Waals surface area contributed by atoms with E-state index < -0.39 is 80.7 Å². The van der Waals surface area contributed by atoms with Crippen molar-refractivity contribution in [3.8, 4) is 0 Å². The average molecular weight is 809 g/mol. The first-order valence-electron chi connectivity index (χ1n) is 22.7. The fourth-order valence-corrected chi connectivity index (χ4v) is 7.39. The Bertz CT molecular complexity index is 885. The summed E-state index contributed by atoms with van der Waals surface area (Å²) in [6.45, 7) is 4.92. The molecular formula is C43H84O13. The number of hydrogen-bond donors (Lipinski definition) is 7. The third-order valence-corrected chi connectivity index (χ3v) is 11.2. The van der Waals surface area contributed by atoms with E-state index in [1.807, 2.05) is 0 Å². The Labute approximate surface area is 338 Å². The summed E-state index contributed by atoms with van der Waals surface area (Å²) in [6.07, 6.45) is 15.0. The quantitative estimate of drug-likeness (QED) is 0.0396. The first-order chi connectivity index (χ1) is 27.2. The van der Waals surface area contributed by atoms with Crippen LogP contribution in [-0.2, 0) is 28.4 Å². The highest BCUT2D eigenvalue weighted by Crippen LogP contribution is 2.26. The van der Waals surface area contributed by atoms with Gasteiger partial charge in [-0.3, -0.25) is 0 Å². The van der Waals surface area contributed by atoms with Crippen LogP contribution < -0.4 is 0 Å². The fraction of sp³-hybridized carbons (Fsp3) is 1.00. The topological polar surface area (TPSA) is 197 Å². The van der Waals surface area contributed by atoms with E-state index in [1.54, 1.807) is 0 Å². The number of hydrogen-bond acceptors (Lipinski definition) is 13. The molecule has 2 saturated heterocycles. The van der Waals surface area contributed by atoms with Crippen molar-refractivity contribution in [2.75, 3.05) is 39.6 Å². The van der Waals surface area contributed by atoms with Crippen LogP contribution in [0.2, 0.25) is 0 Å². The molecule has 2 rings (SSSR count). The first-order valence-corrected chi connectivity index (χ1v) is 22.7. The Kier molecular flexibility index (Phi) is 30.6. The molecule has 0 aromatic heterocycles. The Balaban J connectivity index is 1.77. The molecule has 7 N–H and O–H groups in total. The molecule has 13 heteroatoms. The summed E-state index contributed by atoms with van der Waals surface area (Å²) in [6, 6.07) is 0. The number of rotatable bonds is 36. The minimum absolute atomic E-state index is 0.0154. The SMILES string of the molecule is CCCCCCCCCCCCCCOC[C@H](CO[C@@H]1O[C@H](CO[C@@H]2O[C@H](CO)[C@H](O)[C@H](O)[C@H]2O)[C@@H](O)[C@H](O)[C@H]1O)OCCCCCCCCCCCCCC. The summed E-state index contributed by atoms with van der Waals surface area (Å²) < 4.78 is 34.9. The summed E-state index contributed by atoms with van der Waals surface area (Å²) in [5.74, 6) is 0. The number of aliphatic hydroxyl groups is 7. The lowest BCUT2D eigenvalue weighted by Gasteiger charge is -2.42. The second-order valence-corrected chi connectivity index (χ2v) is 16.2. The molecule has 2 heterocycles. The van der Waals surface area contributed by atoms with E-state index in [4.69, 9.17) is 28.4 Å². The van der Waals surface area contributed by atoms with Gasteiger partial charge in [-0.2, -0.15) is 0 Å². The van der Waals surface area contributed by atoms with Crippen molar-refractivity contribution in [3.63, 3.8) is 0 Å². The van der Waals surface area contributed by atoms with Gasteiger partial charge < -0.3 is 64.2 Å². The molecule has 0 spiro atoms. The van der Waals surface area contributed by atoms with Crippen LogP contribution >= 0.6 is 0 Å². The monoisotopic (exact) mass is 809 g/mol. The van der Waals surface area contributed by atoms with Crippen LogP contribution in [0.5, 0.6) is 0 Å². The minimum atomic E-state index is -1.64. The van der Waals surface area contributed by atoms with Gasteiger partial charge in [0.05, 0.1) is 26.4 Å². The molecule has 334 valence electrons. The molecule has 0 aromatic rings. The van der Waals surface area contributed by atoms with E-state index in [2.05, 4.69) is 13.8 Å². The number of aliphatic hydroxyl groups excluding tert-OH is 7. The Hall–Kier alpha value is -0.520. The molecule has 0 aliphatic carbocycles. The van der Waals surface area contributed by atoms with Crippen LogP contribution in [0.1, 0.15) is 168 Å². The lowest BCUT2D eigenvalue weighted by molar-refractivity contribution is -0.333. The molecule has 2 aliphatic heterocycles. The highest BCUT2D eigenvalue weighted by Gasteiger charge is 2.47. The third kappa shape index (κ3) is 21.7. The zero-order chi connectivity index (χ0) is 40.8. The van der Waals surface area contributed by atoms with Gasteiger partial charge >= 0.3 is 0 Å². The summed E-state index contributed by atoms with van der Waals surface area (Å²) >= 11 is 0. The zero-order valence-electron chi connectivity index (χ0n) is 35.1. The first kappa shape index (κ1) is 51.6. The predicted octanol–water partition coefficient (Wildman–Crippen LogP) is 5.43. The molecule has 2 aliphatic rings. The highest BCUT2D eigenvalue weighted by atomic mass is 16.7. The van der Waals surface area contributed by atoms with Crippen LogP contribution in [0, 0.1) is 0 Å². The lowest BCUT2D eigenvalue weighted by Crippen LogP contribution is -2.61. The molecule has 0 radical (unpaired) electrons. The molecule has 0 bridgehead atoms. The van der Waals surface area contributed by atoms with Crippen molar-refractivity contribution < 1.29 is 64.2 Å².